The molecule has 3 aliphatic rings. The highest BCUT2D eigenvalue weighted by Gasteiger charge is 2.52. The summed E-state index contributed by atoms with van der Waals surface area (Å²) in [6.45, 7) is 5.72. The molecule has 1 N–H and O–H groups in total. The van der Waals surface area contributed by atoms with Crippen LogP contribution >= 0.6 is 0 Å². The quantitative estimate of drug-likeness (QED) is 0.820. The van der Waals surface area contributed by atoms with E-state index in [0.717, 1.165) is 25.1 Å². The second kappa shape index (κ2) is 7.59. The molecule has 1 spiro atoms. The fraction of sp³-hybridized carbons (Fsp3) is 0.682. The highest BCUT2D eigenvalue weighted by molar-refractivity contribution is 5.99. The second-order valence-corrected chi connectivity index (χ2v) is 9.15. The van der Waals surface area contributed by atoms with Crippen molar-refractivity contribution in [1.82, 2.24) is 9.88 Å². The molecule has 0 unspecified atom stereocenters. The molecule has 1 saturated carbocycles. The van der Waals surface area contributed by atoms with Gasteiger partial charge in [0.2, 0.25) is 17.7 Å². The lowest BCUT2D eigenvalue weighted by Gasteiger charge is -2.42. The van der Waals surface area contributed by atoms with Gasteiger partial charge in [-0.1, -0.05) is 0 Å². The maximum absolute atomic E-state index is 13.3. The van der Waals surface area contributed by atoms with E-state index in [9.17, 15) is 14.7 Å². The Morgan fingerprint density at radius 1 is 1.14 bits per heavy atom. The lowest BCUT2D eigenvalue weighted by molar-refractivity contribution is -0.137. The number of amides is 2. The summed E-state index contributed by atoms with van der Waals surface area (Å²) in [4.78, 5) is 33.1. The predicted octanol–water partition coefficient (Wildman–Crippen LogP) is 2.52. The van der Waals surface area contributed by atoms with E-state index in [1.54, 1.807) is 17.2 Å². The van der Waals surface area contributed by atoms with Gasteiger partial charge in [0.1, 0.15) is 0 Å². The number of ether oxygens (including phenoxy) is 1. The fourth-order valence-corrected chi connectivity index (χ4v) is 4.95. The molecule has 2 amide bonds. The van der Waals surface area contributed by atoms with E-state index in [4.69, 9.17) is 4.74 Å². The Morgan fingerprint density at radius 2 is 1.90 bits per heavy atom. The summed E-state index contributed by atoms with van der Waals surface area (Å²) >= 11 is 0. The molecule has 1 aliphatic carbocycles. The molecular weight excluding hydrogens is 370 g/mol. The van der Waals surface area contributed by atoms with Crippen molar-refractivity contribution in [3.63, 3.8) is 0 Å². The van der Waals surface area contributed by atoms with Crippen LogP contribution < -0.4 is 9.64 Å². The summed E-state index contributed by atoms with van der Waals surface area (Å²) in [5.41, 5.74) is -0.462. The van der Waals surface area contributed by atoms with E-state index in [1.165, 1.54) is 0 Å². The predicted molar refractivity (Wildman–Crippen MR) is 109 cm³/mol. The molecule has 0 aromatic carbocycles. The first-order valence-corrected chi connectivity index (χ1v) is 10.8. The molecule has 3 heterocycles. The number of rotatable bonds is 5. The van der Waals surface area contributed by atoms with Gasteiger partial charge in [0, 0.05) is 32.1 Å². The molecule has 0 atom stereocenters. The fourth-order valence-electron chi connectivity index (χ4n) is 4.95. The van der Waals surface area contributed by atoms with Crippen LogP contribution in [0.1, 0.15) is 58.8 Å². The number of anilines is 1. The second-order valence-electron chi connectivity index (χ2n) is 9.15. The number of likely N-dealkylation sites (tertiary alicyclic amines) is 1. The Balaban J connectivity index is 1.39. The highest BCUT2D eigenvalue weighted by Crippen LogP contribution is 2.48. The van der Waals surface area contributed by atoms with E-state index in [2.05, 4.69) is 4.98 Å². The molecule has 7 heteroatoms. The average Bonchev–Trinajstić information content (AvgIpc) is 3.22. The zero-order valence-corrected chi connectivity index (χ0v) is 17.4. The van der Waals surface area contributed by atoms with Gasteiger partial charge in [-0.05, 0) is 58.4 Å². The number of pyridine rings is 1. The van der Waals surface area contributed by atoms with Crippen molar-refractivity contribution < 1.29 is 19.4 Å². The lowest BCUT2D eigenvalue weighted by Crippen LogP contribution is -2.49. The highest BCUT2D eigenvalue weighted by atomic mass is 16.5. The van der Waals surface area contributed by atoms with Gasteiger partial charge >= 0.3 is 0 Å². The van der Waals surface area contributed by atoms with Gasteiger partial charge in [-0.25, -0.2) is 4.98 Å². The average molecular weight is 402 g/mol. The maximum Gasteiger partial charge on any atom is 0.233 e. The third-order valence-electron chi connectivity index (χ3n) is 6.70. The summed E-state index contributed by atoms with van der Waals surface area (Å²) < 4.78 is 5.58. The standard InChI is InChI=1S/C22H31N3O4/c1-16(2)29-18-6-5-17(14-23-18)25-13-11-21(20(25)27)7-9-22(28,10-8-21)15-24-12-3-4-19(24)26/h5-6,14,16,28H,3-4,7-13,15H2,1-2H3/t21-,22+. The van der Waals surface area contributed by atoms with Crippen molar-refractivity contribution in [2.75, 3.05) is 24.5 Å². The minimum atomic E-state index is -0.865. The first-order chi connectivity index (χ1) is 13.8. The van der Waals surface area contributed by atoms with Crippen LogP contribution in [0.3, 0.4) is 0 Å². The van der Waals surface area contributed by atoms with E-state index in [0.29, 0.717) is 51.1 Å². The zero-order chi connectivity index (χ0) is 20.6. The molecule has 29 heavy (non-hydrogen) atoms. The Hall–Kier alpha value is -2.15. The van der Waals surface area contributed by atoms with Gasteiger partial charge in [-0.15, -0.1) is 0 Å². The van der Waals surface area contributed by atoms with Crippen molar-refractivity contribution >= 4 is 17.5 Å². The first-order valence-electron chi connectivity index (χ1n) is 10.8. The SMILES string of the molecule is CC(C)Oc1ccc(N2CC[C@]3(CC[C@@](O)(CN4CCCC4=O)CC3)C2=O)cn1. The molecule has 0 bridgehead atoms. The number of nitrogens with zero attached hydrogens (tertiary/aromatic N) is 3. The summed E-state index contributed by atoms with van der Waals surface area (Å²) in [6.07, 6.45) is 6.49. The Morgan fingerprint density at radius 3 is 2.48 bits per heavy atom. The zero-order valence-electron chi connectivity index (χ0n) is 17.4. The third-order valence-corrected chi connectivity index (χ3v) is 6.70. The van der Waals surface area contributed by atoms with Crippen LogP contribution in [0.4, 0.5) is 5.69 Å². The smallest absolute Gasteiger partial charge is 0.233 e. The maximum atomic E-state index is 13.3. The largest absolute Gasteiger partial charge is 0.475 e. The number of aromatic nitrogens is 1. The van der Waals surface area contributed by atoms with Gasteiger partial charge in [0.15, 0.2) is 0 Å². The molecule has 1 aromatic rings. The van der Waals surface area contributed by atoms with Crippen molar-refractivity contribution in [1.29, 1.82) is 0 Å². The Bertz CT molecular complexity index is 769. The van der Waals surface area contributed by atoms with Crippen LogP contribution in [0.15, 0.2) is 18.3 Å². The van der Waals surface area contributed by atoms with E-state index < -0.39 is 11.0 Å². The van der Waals surface area contributed by atoms with Crippen LogP contribution in [-0.4, -0.2) is 58.1 Å². The van der Waals surface area contributed by atoms with Crippen molar-refractivity contribution in [2.45, 2.75) is 70.5 Å². The van der Waals surface area contributed by atoms with Crippen LogP contribution in [0.5, 0.6) is 5.88 Å². The van der Waals surface area contributed by atoms with Crippen molar-refractivity contribution in [3.05, 3.63) is 18.3 Å². The van der Waals surface area contributed by atoms with Crippen LogP contribution in [0.2, 0.25) is 0 Å². The van der Waals surface area contributed by atoms with Gasteiger partial charge in [-0.3, -0.25) is 9.59 Å². The molecule has 158 valence electrons. The summed E-state index contributed by atoms with van der Waals surface area (Å²) in [7, 11) is 0. The summed E-state index contributed by atoms with van der Waals surface area (Å²) in [6, 6.07) is 3.69. The lowest BCUT2D eigenvalue weighted by atomic mass is 9.67. The molecule has 1 aromatic heterocycles. The van der Waals surface area contributed by atoms with Crippen molar-refractivity contribution in [3.8, 4) is 5.88 Å². The van der Waals surface area contributed by atoms with Crippen LogP contribution in [0.25, 0.3) is 0 Å². The van der Waals surface area contributed by atoms with Gasteiger partial charge in [0.05, 0.1) is 29.0 Å². The Kier molecular flexibility index (Phi) is 5.27. The van der Waals surface area contributed by atoms with Crippen LogP contribution in [-0.2, 0) is 9.59 Å². The number of hydrogen-bond donors (Lipinski definition) is 1. The molecule has 4 rings (SSSR count). The Labute approximate surface area is 172 Å². The number of aliphatic hydroxyl groups is 1. The van der Waals surface area contributed by atoms with Gasteiger partial charge in [0.25, 0.3) is 0 Å². The molecule has 2 saturated heterocycles. The number of β-amino-alcohol motifs (C(OH)–C–C–N with tert-alkyl or cyclic N) is 1. The molecule has 0 radical (unpaired) electrons. The van der Waals surface area contributed by atoms with Crippen molar-refractivity contribution in [2.24, 2.45) is 5.41 Å². The number of hydrogen-bond acceptors (Lipinski definition) is 5. The minimum absolute atomic E-state index is 0.0573. The summed E-state index contributed by atoms with van der Waals surface area (Å²) in [5, 5.41) is 11.0. The normalized spacial score (nSPS) is 30.1. The third kappa shape index (κ3) is 3.97. The molecular formula is C22H31N3O4. The molecule has 3 fully saturated rings. The van der Waals surface area contributed by atoms with E-state index in [1.807, 2.05) is 24.8 Å². The van der Waals surface area contributed by atoms with E-state index >= 15 is 0 Å². The van der Waals surface area contributed by atoms with Crippen LogP contribution in [0, 0.1) is 5.41 Å². The van der Waals surface area contributed by atoms with Gasteiger partial charge < -0.3 is 19.6 Å². The monoisotopic (exact) mass is 401 g/mol. The molecule has 2 aliphatic heterocycles. The minimum Gasteiger partial charge on any atom is -0.475 e. The van der Waals surface area contributed by atoms with E-state index in [-0.39, 0.29) is 17.9 Å². The number of carbonyl (C=O) groups is 2. The summed E-state index contributed by atoms with van der Waals surface area (Å²) in [5.74, 6) is 0.833. The number of carbonyl (C=O) groups excluding carboxylic acids is 2. The van der Waals surface area contributed by atoms with Gasteiger partial charge in [-0.2, -0.15) is 0 Å². The topological polar surface area (TPSA) is 83.0 Å². The molecule has 7 nitrogen and oxygen atoms in total. The first kappa shape index (κ1) is 20.1.